The largest absolute Gasteiger partial charge is 0.497 e. The molecule has 0 saturated heterocycles. The summed E-state index contributed by atoms with van der Waals surface area (Å²) in [6, 6.07) is 7.73. The number of hydrogen-bond acceptors (Lipinski definition) is 4. The molecule has 130 valence electrons. The van der Waals surface area contributed by atoms with E-state index in [1.807, 2.05) is 36.1 Å². The minimum Gasteiger partial charge on any atom is -0.497 e. The van der Waals surface area contributed by atoms with Gasteiger partial charge in [-0.2, -0.15) is 4.68 Å². The van der Waals surface area contributed by atoms with E-state index in [4.69, 9.17) is 4.74 Å². The van der Waals surface area contributed by atoms with Crippen LogP contribution in [0.5, 0.6) is 5.75 Å². The molecule has 0 N–H and O–H groups in total. The van der Waals surface area contributed by atoms with Crippen LogP contribution in [0.3, 0.4) is 0 Å². The molecular weight excluding hydrogens is 316 g/mol. The highest BCUT2D eigenvalue weighted by atomic mass is 16.5. The number of aryl methyl sites for hydroxylation is 1. The lowest BCUT2D eigenvalue weighted by Gasteiger charge is -2.17. The Morgan fingerprint density at radius 3 is 2.60 bits per heavy atom. The first-order chi connectivity index (χ1) is 12.1. The van der Waals surface area contributed by atoms with Crippen LogP contribution >= 0.6 is 0 Å². The number of nitrogens with zero attached hydrogens (tertiary/aromatic N) is 4. The summed E-state index contributed by atoms with van der Waals surface area (Å²) < 4.78 is 8.43. The minimum absolute atomic E-state index is 0.171. The quantitative estimate of drug-likeness (QED) is 0.622. The van der Waals surface area contributed by atoms with E-state index >= 15 is 0 Å². The van der Waals surface area contributed by atoms with Crippen molar-refractivity contribution in [2.45, 2.75) is 13.6 Å². The lowest BCUT2D eigenvalue weighted by molar-refractivity contribution is 0.249. The molecule has 0 amide bonds. The molecule has 0 bridgehead atoms. The summed E-state index contributed by atoms with van der Waals surface area (Å²) >= 11 is 0. The molecule has 2 heterocycles. The maximum absolute atomic E-state index is 13.0. The van der Waals surface area contributed by atoms with Crippen LogP contribution in [0.4, 0.5) is 0 Å². The fourth-order valence-electron chi connectivity index (χ4n) is 2.98. The Hall–Kier alpha value is -2.86. The topological polar surface area (TPSA) is 51.8 Å². The zero-order chi connectivity index (χ0) is 18.0. The molecule has 0 spiro atoms. The van der Waals surface area contributed by atoms with Gasteiger partial charge in [-0.3, -0.25) is 4.90 Å². The highest BCUT2D eigenvalue weighted by molar-refractivity contribution is 5.84. The normalized spacial score (nSPS) is 11.3. The zero-order valence-corrected chi connectivity index (χ0v) is 14.6. The second-order valence-electron chi connectivity index (χ2n) is 5.95. The third-order valence-corrected chi connectivity index (χ3v) is 4.15. The smallest absolute Gasteiger partial charge is 0.352 e. The Morgan fingerprint density at radius 1 is 1.24 bits per heavy atom. The van der Waals surface area contributed by atoms with Gasteiger partial charge in [0.1, 0.15) is 5.75 Å². The van der Waals surface area contributed by atoms with Crippen molar-refractivity contribution < 1.29 is 4.74 Å². The van der Waals surface area contributed by atoms with E-state index in [2.05, 4.69) is 18.3 Å². The third-order valence-electron chi connectivity index (χ3n) is 4.15. The SMILES string of the molecule is C=CCN(CC=C)Cn1nc2c(C)cc3ccc(OC)cc3n2c1=O. The summed E-state index contributed by atoms with van der Waals surface area (Å²) in [5, 5.41) is 5.51. The summed E-state index contributed by atoms with van der Waals surface area (Å²) in [6.07, 6.45) is 3.60. The molecule has 25 heavy (non-hydrogen) atoms. The fraction of sp³-hybridized carbons (Fsp3) is 0.263. The lowest BCUT2D eigenvalue weighted by Crippen LogP contribution is -2.33. The second-order valence-corrected chi connectivity index (χ2v) is 5.95. The van der Waals surface area contributed by atoms with Crippen LogP contribution in [0.2, 0.25) is 0 Å². The summed E-state index contributed by atoms with van der Waals surface area (Å²) in [7, 11) is 1.61. The molecule has 0 saturated carbocycles. The van der Waals surface area contributed by atoms with Crippen LogP contribution < -0.4 is 10.4 Å². The Bertz CT molecular complexity index is 990. The van der Waals surface area contributed by atoms with Crippen molar-refractivity contribution in [3.63, 3.8) is 0 Å². The predicted octanol–water partition coefficient (Wildman–Crippen LogP) is 2.60. The van der Waals surface area contributed by atoms with Gasteiger partial charge in [0.15, 0.2) is 5.65 Å². The average Bonchev–Trinajstić information content (AvgIpc) is 2.93. The first kappa shape index (κ1) is 17.0. The maximum atomic E-state index is 13.0. The molecule has 0 atom stereocenters. The molecule has 0 fully saturated rings. The molecule has 0 aliphatic rings. The Kier molecular flexibility index (Phi) is 4.72. The molecule has 6 nitrogen and oxygen atoms in total. The fourth-order valence-corrected chi connectivity index (χ4v) is 2.98. The van der Waals surface area contributed by atoms with E-state index in [0.717, 1.165) is 16.5 Å². The van der Waals surface area contributed by atoms with E-state index < -0.39 is 0 Å². The van der Waals surface area contributed by atoms with Gasteiger partial charge in [0.25, 0.3) is 0 Å². The molecule has 3 aromatic rings. The van der Waals surface area contributed by atoms with Crippen molar-refractivity contribution in [2.75, 3.05) is 20.2 Å². The minimum atomic E-state index is -0.171. The van der Waals surface area contributed by atoms with Gasteiger partial charge in [-0.25, -0.2) is 9.20 Å². The summed E-state index contributed by atoms with van der Waals surface area (Å²) in [6.45, 7) is 11.2. The Morgan fingerprint density at radius 2 is 1.96 bits per heavy atom. The number of ether oxygens (including phenoxy) is 1. The van der Waals surface area contributed by atoms with Gasteiger partial charge in [-0.05, 0) is 36.1 Å². The monoisotopic (exact) mass is 338 g/mol. The Labute approximate surface area is 146 Å². The van der Waals surface area contributed by atoms with Crippen molar-refractivity contribution >= 4 is 16.6 Å². The number of hydrogen-bond donors (Lipinski definition) is 0. The van der Waals surface area contributed by atoms with Crippen molar-refractivity contribution in [3.8, 4) is 5.75 Å². The van der Waals surface area contributed by atoms with Crippen molar-refractivity contribution in [3.05, 3.63) is 65.6 Å². The number of methoxy groups -OCH3 is 1. The summed E-state index contributed by atoms with van der Waals surface area (Å²) in [5.74, 6) is 0.706. The first-order valence-corrected chi connectivity index (χ1v) is 8.10. The lowest BCUT2D eigenvalue weighted by atomic mass is 10.1. The number of benzene rings is 1. The molecule has 1 aromatic carbocycles. The first-order valence-electron chi connectivity index (χ1n) is 8.10. The average molecular weight is 338 g/mol. The van der Waals surface area contributed by atoms with E-state index in [1.54, 1.807) is 23.7 Å². The van der Waals surface area contributed by atoms with Gasteiger partial charge in [0.2, 0.25) is 0 Å². The molecule has 6 heteroatoms. The van der Waals surface area contributed by atoms with Crippen molar-refractivity contribution in [1.82, 2.24) is 19.1 Å². The van der Waals surface area contributed by atoms with Crippen LogP contribution in [0.15, 0.2) is 54.4 Å². The molecule has 0 unspecified atom stereocenters. The van der Waals surface area contributed by atoms with E-state index in [-0.39, 0.29) is 5.69 Å². The number of fused-ring (bicyclic) bond motifs is 3. The van der Waals surface area contributed by atoms with Gasteiger partial charge in [0.05, 0.1) is 19.3 Å². The van der Waals surface area contributed by atoms with Crippen molar-refractivity contribution in [1.29, 1.82) is 0 Å². The van der Waals surface area contributed by atoms with Crippen LogP contribution in [0.1, 0.15) is 5.56 Å². The van der Waals surface area contributed by atoms with Gasteiger partial charge < -0.3 is 4.74 Å². The summed E-state index contributed by atoms with van der Waals surface area (Å²) in [4.78, 5) is 15.0. The van der Waals surface area contributed by atoms with Crippen LogP contribution in [0, 0.1) is 6.92 Å². The van der Waals surface area contributed by atoms with E-state index in [0.29, 0.717) is 31.2 Å². The highest BCUT2D eigenvalue weighted by Crippen LogP contribution is 2.23. The van der Waals surface area contributed by atoms with Gasteiger partial charge in [0, 0.05) is 19.2 Å². The molecule has 0 aliphatic heterocycles. The molecule has 0 aliphatic carbocycles. The van der Waals surface area contributed by atoms with Crippen LogP contribution in [-0.2, 0) is 6.67 Å². The Balaban J connectivity index is 2.19. The summed E-state index contributed by atoms with van der Waals surface area (Å²) in [5.41, 5.74) is 2.22. The molecule has 3 rings (SSSR count). The van der Waals surface area contributed by atoms with Gasteiger partial charge in [-0.15, -0.1) is 18.3 Å². The molecule has 2 aromatic heterocycles. The second kappa shape index (κ2) is 6.94. The number of pyridine rings is 1. The van der Waals surface area contributed by atoms with E-state index in [9.17, 15) is 4.79 Å². The van der Waals surface area contributed by atoms with Gasteiger partial charge in [-0.1, -0.05) is 12.2 Å². The number of rotatable bonds is 7. The van der Waals surface area contributed by atoms with E-state index in [1.165, 1.54) is 4.68 Å². The van der Waals surface area contributed by atoms with Crippen LogP contribution in [-0.4, -0.2) is 39.3 Å². The number of aromatic nitrogens is 3. The zero-order valence-electron chi connectivity index (χ0n) is 14.6. The van der Waals surface area contributed by atoms with Crippen LogP contribution in [0.25, 0.3) is 16.6 Å². The van der Waals surface area contributed by atoms with Crippen molar-refractivity contribution in [2.24, 2.45) is 0 Å². The maximum Gasteiger partial charge on any atom is 0.352 e. The predicted molar refractivity (Wildman–Crippen MR) is 100 cm³/mol. The molecular formula is C19H22N4O2. The standard InChI is InChI=1S/C19H22N4O2/c1-5-9-21(10-6-2)13-22-19(24)23-17-12-16(25-4)8-7-15(17)11-14(3)18(23)20-22/h5-8,11-12H,1-2,9-10,13H2,3-4H3. The highest BCUT2D eigenvalue weighted by Gasteiger charge is 2.15. The molecule has 0 radical (unpaired) electrons. The third kappa shape index (κ3) is 3.08. The van der Waals surface area contributed by atoms with Gasteiger partial charge >= 0.3 is 5.69 Å².